The average Bonchev–Trinajstić information content (AvgIpc) is 3.54. The molecule has 5 heteroatoms. The summed E-state index contributed by atoms with van der Waals surface area (Å²) >= 11 is 6.08. The zero-order valence-corrected chi connectivity index (χ0v) is 19.7. The molecule has 0 bridgehead atoms. The quantitative estimate of drug-likeness (QED) is 0.139. The summed E-state index contributed by atoms with van der Waals surface area (Å²) < 4.78 is 5.87. The summed E-state index contributed by atoms with van der Waals surface area (Å²) in [4.78, 5) is 42.3. The number of carbonyl (C=O) groups is 3. The molecule has 6 rings (SSSR count). The van der Waals surface area contributed by atoms with Crippen LogP contribution in [0.15, 0.2) is 91.0 Å². The van der Waals surface area contributed by atoms with Crippen LogP contribution in [0.1, 0.15) is 45.5 Å². The van der Waals surface area contributed by atoms with E-state index in [2.05, 4.69) is 0 Å². The predicted octanol–water partition coefficient (Wildman–Crippen LogP) is 6.66. The monoisotopic (exact) mass is 480 g/mol. The van der Waals surface area contributed by atoms with E-state index >= 15 is 0 Å². The number of fused-ring (bicyclic) bond motifs is 5. The van der Waals surface area contributed by atoms with E-state index < -0.39 is 22.7 Å². The number of esters is 1. The van der Waals surface area contributed by atoms with E-state index in [1.807, 2.05) is 43.3 Å². The Morgan fingerprint density at radius 3 is 2.20 bits per heavy atom. The van der Waals surface area contributed by atoms with Crippen LogP contribution >= 0.6 is 11.6 Å². The van der Waals surface area contributed by atoms with Gasteiger partial charge in [-0.2, -0.15) is 0 Å². The van der Waals surface area contributed by atoms with Crippen molar-refractivity contribution in [1.29, 1.82) is 0 Å². The molecule has 4 aromatic carbocycles. The molecule has 0 unspecified atom stereocenters. The molecule has 0 radical (unpaired) electrons. The van der Waals surface area contributed by atoms with Crippen molar-refractivity contribution in [1.82, 2.24) is 0 Å². The van der Waals surface area contributed by atoms with E-state index in [9.17, 15) is 14.4 Å². The molecule has 1 saturated carbocycles. The Hall–Kier alpha value is -3.76. The Labute approximate surface area is 207 Å². The van der Waals surface area contributed by atoms with Crippen LogP contribution in [0.5, 0.6) is 5.75 Å². The fourth-order valence-corrected chi connectivity index (χ4v) is 6.32. The summed E-state index contributed by atoms with van der Waals surface area (Å²) in [6.07, 6.45) is 0.301. The first-order chi connectivity index (χ1) is 17.0. The van der Waals surface area contributed by atoms with Gasteiger partial charge in [0.05, 0.1) is 5.41 Å². The van der Waals surface area contributed by atoms with Crippen molar-refractivity contribution < 1.29 is 19.1 Å². The van der Waals surface area contributed by atoms with Crippen molar-refractivity contribution in [3.05, 3.63) is 113 Å². The van der Waals surface area contributed by atoms with Crippen LogP contribution in [-0.4, -0.2) is 17.5 Å². The number of hydrogen-bond acceptors (Lipinski definition) is 4. The highest BCUT2D eigenvalue weighted by Crippen LogP contribution is 2.81. The fraction of sp³-hybridized carbons (Fsp3) is 0.167. The van der Waals surface area contributed by atoms with Crippen LogP contribution in [0.2, 0.25) is 5.02 Å². The second kappa shape index (κ2) is 7.62. The Balaban J connectivity index is 1.65. The molecular formula is C30H21ClO4. The molecule has 0 aromatic heterocycles. The molecule has 4 nitrogen and oxygen atoms in total. The van der Waals surface area contributed by atoms with E-state index in [1.165, 1.54) is 0 Å². The molecule has 2 aliphatic rings. The average molecular weight is 481 g/mol. The lowest BCUT2D eigenvalue weighted by molar-refractivity contribution is -0.140. The van der Waals surface area contributed by atoms with Crippen LogP contribution < -0.4 is 4.74 Å². The molecule has 1 heterocycles. The SMILES string of the molecule is CC[C@]1(C(=O)c2ccc(Cl)cc2)[C@@H]2c3c(ccc4ccccc34)OC(=O)[C@]21C(=O)c1ccccc1. The number of ether oxygens (including phenoxy) is 1. The van der Waals surface area contributed by atoms with E-state index in [1.54, 1.807) is 54.6 Å². The molecular weight excluding hydrogens is 460 g/mol. The van der Waals surface area contributed by atoms with Crippen LogP contribution in [0, 0.1) is 10.8 Å². The van der Waals surface area contributed by atoms with Gasteiger partial charge < -0.3 is 4.74 Å². The zero-order chi connectivity index (χ0) is 24.4. The van der Waals surface area contributed by atoms with Gasteiger partial charge in [-0.25, -0.2) is 0 Å². The minimum absolute atomic E-state index is 0.247. The molecule has 0 saturated heterocycles. The van der Waals surface area contributed by atoms with Crippen molar-refractivity contribution in [2.24, 2.45) is 10.8 Å². The fourth-order valence-electron chi connectivity index (χ4n) is 6.20. The maximum Gasteiger partial charge on any atom is 0.327 e. The third-order valence-electron chi connectivity index (χ3n) is 7.75. The van der Waals surface area contributed by atoms with E-state index in [0.29, 0.717) is 28.3 Å². The minimum atomic E-state index is -1.64. The van der Waals surface area contributed by atoms with Gasteiger partial charge >= 0.3 is 5.97 Å². The summed E-state index contributed by atoms with van der Waals surface area (Å²) in [7, 11) is 0. The number of Topliss-reactive ketones (excluding diaryl/α,β-unsaturated/α-hetero) is 2. The molecule has 4 aromatic rings. The van der Waals surface area contributed by atoms with Gasteiger partial charge in [0.25, 0.3) is 0 Å². The third kappa shape index (κ3) is 2.72. The standard InChI is InChI=1S/C30H21ClO4/c1-2-29(26(32)20-12-15-21(31)16-13-20)25-24-22-11-7-6-8-18(22)14-17-23(24)35-28(34)30(25,29)27(33)19-9-4-3-5-10-19/h3-17,25H,2H2,1H3/t25-,29+,30+/m0/s1. The van der Waals surface area contributed by atoms with Crippen molar-refractivity contribution in [3.8, 4) is 5.75 Å². The van der Waals surface area contributed by atoms with Gasteiger partial charge in [0, 0.05) is 27.6 Å². The van der Waals surface area contributed by atoms with Gasteiger partial charge in [-0.15, -0.1) is 0 Å². The first-order valence-electron chi connectivity index (χ1n) is 11.6. The molecule has 3 atom stereocenters. The summed E-state index contributed by atoms with van der Waals surface area (Å²) in [5, 5.41) is 2.35. The first-order valence-corrected chi connectivity index (χ1v) is 12.0. The lowest BCUT2D eigenvalue weighted by Gasteiger charge is -2.24. The highest BCUT2D eigenvalue weighted by molar-refractivity contribution is 6.31. The van der Waals surface area contributed by atoms with Gasteiger partial charge in [0.2, 0.25) is 0 Å². The Bertz CT molecular complexity index is 1530. The molecule has 1 aliphatic carbocycles. The largest absolute Gasteiger partial charge is 0.425 e. The summed E-state index contributed by atoms with van der Waals surface area (Å²) in [6, 6.07) is 26.7. The smallest absolute Gasteiger partial charge is 0.327 e. The van der Waals surface area contributed by atoms with Crippen LogP contribution in [0.3, 0.4) is 0 Å². The second-order valence-corrected chi connectivity index (χ2v) is 9.62. The molecule has 1 aliphatic heterocycles. The normalized spacial score (nSPS) is 24.3. The summed E-state index contributed by atoms with van der Waals surface area (Å²) in [6.45, 7) is 1.87. The lowest BCUT2D eigenvalue weighted by atomic mass is 9.79. The molecule has 1 fully saturated rings. The predicted molar refractivity (Wildman–Crippen MR) is 134 cm³/mol. The van der Waals surface area contributed by atoms with Gasteiger partial charge in [-0.3, -0.25) is 14.4 Å². The van der Waals surface area contributed by atoms with Crippen molar-refractivity contribution in [3.63, 3.8) is 0 Å². The van der Waals surface area contributed by atoms with Crippen molar-refractivity contribution in [2.45, 2.75) is 19.3 Å². The third-order valence-corrected chi connectivity index (χ3v) is 8.01. The van der Waals surface area contributed by atoms with E-state index in [0.717, 1.165) is 16.3 Å². The number of rotatable bonds is 5. The highest BCUT2D eigenvalue weighted by Gasteiger charge is 2.89. The van der Waals surface area contributed by atoms with Gasteiger partial charge in [-0.1, -0.05) is 79.2 Å². The minimum Gasteiger partial charge on any atom is -0.425 e. The number of ketones is 2. The van der Waals surface area contributed by atoms with Crippen molar-refractivity contribution >= 4 is 39.9 Å². The van der Waals surface area contributed by atoms with Gasteiger partial charge in [0.1, 0.15) is 5.75 Å². The Morgan fingerprint density at radius 1 is 0.829 bits per heavy atom. The highest BCUT2D eigenvalue weighted by atomic mass is 35.5. The zero-order valence-electron chi connectivity index (χ0n) is 19.0. The topological polar surface area (TPSA) is 60.4 Å². The number of benzene rings is 4. The summed E-state index contributed by atoms with van der Waals surface area (Å²) in [5.74, 6) is -1.52. The maximum atomic E-state index is 14.3. The second-order valence-electron chi connectivity index (χ2n) is 9.19. The molecule has 172 valence electrons. The van der Waals surface area contributed by atoms with Crippen molar-refractivity contribution in [2.75, 3.05) is 0 Å². The van der Waals surface area contributed by atoms with E-state index in [4.69, 9.17) is 16.3 Å². The maximum absolute atomic E-state index is 14.3. The van der Waals surface area contributed by atoms with Gasteiger partial charge in [0.15, 0.2) is 17.0 Å². The lowest BCUT2D eigenvalue weighted by Crippen LogP contribution is -2.39. The number of carbonyl (C=O) groups excluding carboxylic acids is 3. The molecule has 35 heavy (non-hydrogen) atoms. The van der Waals surface area contributed by atoms with Crippen LogP contribution in [0.25, 0.3) is 10.8 Å². The van der Waals surface area contributed by atoms with E-state index in [-0.39, 0.29) is 11.6 Å². The number of hydrogen-bond donors (Lipinski definition) is 0. The van der Waals surface area contributed by atoms with Crippen LogP contribution in [-0.2, 0) is 4.79 Å². The van der Waals surface area contributed by atoms with Crippen LogP contribution in [0.4, 0.5) is 0 Å². The first kappa shape index (κ1) is 21.8. The number of halogens is 1. The summed E-state index contributed by atoms with van der Waals surface area (Å²) in [5.41, 5.74) is -1.37. The molecule has 0 amide bonds. The Kier molecular flexibility index (Phi) is 4.74. The van der Waals surface area contributed by atoms with Gasteiger partial charge in [-0.05, 0) is 47.5 Å². The molecule has 0 N–H and O–H groups in total. The molecule has 0 spiro atoms. The Morgan fingerprint density at radius 2 is 1.49 bits per heavy atom.